The molecule has 0 aliphatic heterocycles. The molecule has 0 aromatic rings. The smallest absolute Gasteiger partial charge is 0.308 e. The van der Waals surface area contributed by atoms with E-state index < -0.39 is 5.41 Å². The normalized spacial score (nSPS) is 48.8. The van der Waals surface area contributed by atoms with Gasteiger partial charge in [-0.1, -0.05) is 54.0 Å². The van der Waals surface area contributed by atoms with E-state index in [1.807, 2.05) is 6.08 Å². The van der Waals surface area contributed by atoms with Crippen LogP contribution in [-0.2, 0) is 19.1 Å². The van der Waals surface area contributed by atoms with E-state index in [1.54, 1.807) is 0 Å². The number of carbonyl (C=O) groups excluding carboxylic acids is 3. The van der Waals surface area contributed by atoms with Gasteiger partial charge in [-0.25, -0.2) is 0 Å². The summed E-state index contributed by atoms with van der Waals surface area (Å²) in [6, 6.07) is 0. The second-order valence-electron chi connectivity index (χ2n) is 15.2. The number of hydrogen-bond donors (Lipinski definition) is 1. The van der Waals surface area contributed by atoms with Gasteiger partial charge in [-0.05, 0) is 96.9 Å². The van der Waals surface area contributed by atoms with Crippen LogP contribution < -0.4 is 0 Å². The van der Waals surface area contributed by atoms with Gasteiger partial charge >= 0.3 is 5.97 Å². The number of Topliss-reactive ketones (excluding diaryl/α,β-unsaturated/α-hetero) is 1. The van der Waals surface area contributed by atoms with E-state index in [9.17, 15) is 19.5 Å². The lowest BCUT2D eigenvalue weighted by Gasteiger charge is -2.68. The first-order chi connectivity index (χ1) is 17.6. The van der Waals surface area contributed by atoms with Crippen LogP contribution in [0, 0.1) is 56.7 Å². The molecule has 1 N–H and O–H groups in total. The van der Waals surface area contributed by atoms with Gasteiger partial charge in [-0.2, -0.15) is 0 Å². The summed E-state index contributed by atoms with van der Waals surface area (Å²) in [5, 5.41) is 10.1. The Kier molecular flexibility index (Phi) is 6.22. The highest BCUT2D eigenvalue weighted by Crippen LogP contribution is 2.74. The summed E-state index contributed by atoms with van der Waals surface area (Å²) in [6.45, 7) is 15.6. The molecule has 38 heavy (non-hydrogen) atoms. The molecule has 0 amide bonds. The second-order valence-corrected chi connectivity index (χ2v) is 15.2. The minimum atomic E-state index is -0.552. The number of hydrogen-bond acceptors (Lipinski definition) is 5. The number of aliphatic hydroxyl groups is 1. The molecule has 4 saturated carbocycles. The third-order valence-electron chi connectivity index (χ3n) is 13.0. The summed E-state index contributed by atoms with van der Waals surface area (Å²) in [4.78, 5) is 40.8. The Morgan fingerprint density at radius 3 is 2.34 bits per heavy atom. The second kappa shape index (κ2) is 8.54. The SMILES string of the molecule is CC[C@]1(C)C(=O)/C(=C\O)C[C@]2(C)C3=CC(=O)[C@@H]4[C@@H]5CC(C)(C)C[C@@H](C(=O)OC)C5CC[C@@]4(C)[C@]3(C)CC[C@@H]12. The molecule has 0 bridgehead atoms. The fourth-order valence-electron chi connectivity index (χ4n) is 11.0. The molecule has 5 rings (SSSR count). The summed E-state index contributed by atoms with van der Waals surface area (Å²) < 4.78 is 5.27. The standard InChI is InChI=1S/C33H48O5/c1-9-30(4)24-11-13-32(6)25(31(24,5)15-19(18-34)27(30)36)14-23(35)26-21-16-29(2,3)17-22(28(37)38-8)20(21)10-12-33(26,32)7/h14,18,20-22,24,26,34H,9-13,15-17H2,1-8H3/b19-18-/t20?,21-,22-,24+,26+,30+,31+,32-,33-/m1/s1. The molecule has 4 fully saturated rings. The average molecular weight is 525 g/mol. The van der Waals surface area contributed by atoms with E-state index >= 15 is 0 Å². The molecule has 1 unspecified atom stereocenters. The van der Waals surface area contributed by atoms with E-state index in [1.165, 1.54) is 12.7 Å². The molecule has 0 radical (unpaired) electrons. The highest BCUT2D eigenvalue weighted by atomic mass is 16.5. The van der Waals surface area contributed by atoms with Gasteiger partial charge in [0.15, 0.2) is 11.6 Å². The first-order valence-corrected chi connectivity index (χ1v) is 14.9. The quantitative estimate of drug-likeness (QED) is 0.239. The molecule has 5 heteroatoms. The van der Waals surface area contributed by atoms with E-state index in [2.05, 4.69) is 48.5 Å². The highest BCUT2D eigenvalue weighted by molar-refractivity contribution is 6.01. The Balaban J connectivity index is 1.64. The lowest BCUT2D eigenvalue weighted by atomic mass is 9.34. The summed E-state index contributed by atoms with van der Waals surface area (Å²) >= 11 is 0. The van der Waals surface area contributed by atoms with Crippen molar-refractivity contribution in [3.8, 4) is 0 Å². The number of carbonyl (C=O) groups is 3. The van der Waals surface area contributed by atoms with E-state index in [-0.39, 0.29) is 68.8 Å². The number of fused-ring (bicyclic) bond motifs is 7. The molecular formula is C33H48O5. The topological polar surface area (TPSA) is 80.7 Å². The third kappa shape index (κ3) is 3.38. The fourth-order valence-corrected chi connectivity index (χ4v) is 11.0. The summed E-state index contributed by atoms with van der Waals surface area (Å²) in [7, 11) is 1.49. The molecule has 5 aliphatic rings. The van der Waals surface area contributed by atoms with Crippen molar-refractivity contribution in [2.75, 3.05) is 7.11 Å². The Morgan fingerprint density at radius 2 is 1.74 bits per heavy atom. The first-order valence-electron chi connectivity index (χ1n) is 14.9. The lowest BCUT2D eigenvalue weighted by molar-refractivity contribution is -0.174. The molecule has 0 aromatic carbocycles. The molecular weight excluding hydrogens is 476 g/mol. The van der Waals surface area contributed by atoms with Crippen LogP contribution in [0.25, 0.3) is 0 Å². The predicted octanol–water partition coefficient (Wildman–Crippen LogP) is 7.01. The van der Waals surface area contributed by atoms with Crippen LogP contribution in [0.4, 0.5) is 0 Å². The number of ketones is 2. The van der Waals surface area contributed by atoms with E-state index in [0.717, 1.165) is 51.2 Å². The van der Waals surface area contributed by atoms with Crippen molar-refractivity contribution >= 4 is 17.5 Å². The number of ether oxygens (including phenoxy) is 1. The zero-order valence-electron chi connectivity index (χ0n) is 24.8. The molecule has 0 spiro atoms. The van der Waals surface area contributed by atoms with E-state index in [0.29, 0.717) is 12.0 Å². The van der Waals surface area contributed by atoms with Gasteiger partial charge in [-0.15, -0.1) is 0 Å². The summed E-state index contributed by atoms with van der Waals surface area (Å²) in [5.74, 6) is 0.378. The van der Waals surface area contributed by atoms with Crippen molar-refractivity contribution < 1.29 is 24.2 Å². The zero-order chi connectivity index (χ0) is 28.1. The van der Waals surface area contributed by atoms with Crippen molar-refractivity contribution in [2.24, 2.45) is 56.7 Å². The maximum Gasteiger partial charge on any atom is 0.308 e. The van der Waals surface area contributed by atoms with Gasteiger partial charge in [0, 0.05) is 16.9 Å². The Morgan fingerprint density at radius 1 is 1.05 bits per heavy atom. The Bertz CT molecular complexity index is 1130. The van der Waals surface area contributed by atoms with Crippen LogP contribution in [0.5, 0.6) is 0 Å². The zero-order valence-corrected chi connectivity index (χ0v) is 24.8. The Hall–Kier alpha value is -1.91. The van der Waals surface area contributed by atoms with Gasteiger partial charge in [-0.3, -0.25) is 14.4 Å². The molecule has 9 atom stereocenters. The number of esters is 1. The number of methoxy groups -OCH3 is 1. The van der Waals surface area contributed by atoms with Crippen molar-refractivity contribution in [1.82, 2.24) is 0 Å². The summed E-state index contributed by atoms with van der Waals surface area (Å²) in [6.07, 6.45) is 9.75. The molecule has 0 aromatic heterocycles. The van der Waals surface area contributed by atoms with Crippen molar-refractivity contribution in [1.29, 1.82) is 0 Å². The predicted molar refractivity (Wildman–Crippen MR) is 147 cm³/mol. The fraction of sp³-hybridized carbons (Fsp3) is 0.788. The van der Waals surface area contributed by atoms with Gasteiger partial charge in [0.2, 0.25) is 0 Å². The van der Waals surface area contributed by atoms with Gasteiger partial charge < -0.3 is 9.84 Å². The molecule has 0 heterocycles. The van der Waals surface area contributed by atoms with Crippen molar-refractivity contribution in [2.45, 2.75) is 99.8 Å². The maximum absolute atomic E-state index is 14.4. The van der Waals surface area contributed by atoms with Gasteiger partial charge in [0.05, 0.1) is 19.3 Å². The van der Waals surface area contributed by atoms with Crippen LogP contribution in [0.3, 0.4) is 0 Å². The minimum absolute atomic E-state index is 0.0272. The molecule has 210 valence electrons. The van der Waals surface area contributed by atoms with Gasteiger partial charge in [0.25, 0.3) is 0 Å². The van der Waals surface area contributed by atoms with Crippen LogP contribution >= 0.6 is 0 Å². The van der Waals surface area contributed by atoms with E-state index in [4.69, 9.17) is 4.74 Å². The van der Waals surface area contributed by atoms with Crippen LogP contribution in [0.2, 0.25) is 0 Å². The van der Waals surface area contributed by atoms with Crippen molar-refractivity contribution in [3.05, 3.63) is 23.5 Å². The third-order valence-corrected chi connectivity index (χ3v) is 13.0. The van der Waals surface area contributed by atoms with Crippen LogP contribution in [0.15, 0.2) is 23.5 Å². The number of allylic oxidation sites excluding steroid dienone is 3. The van der Waals surface area contributed by atoms with Crippen LogP contribution in [-0.4, -0.2) is 29.8 Å². The molecule has 0 saturated heterocycles. The largest absolute Gasteiger partial charge is 0.515 e. The molecule has 5 aliphatic carbocycles. The van der Waals surface area contributed by atoms with Gasteiger partial charge in [0.1, 0.15) is 0 Å². The molecule has 5 nitrogen and oxygen atoms in total. The number of rotatable bonds is 2. The summed E-state index contributed by atoms with van der Waals surface area (Å²) in [5.41, 5.74) is 0.362. The lowest BCUT2D eigenvalue weighted by Crippen LogP contribution is -2.64. The Labute approximate surface area is 228 Å². The highest BCUT2D eigenvalue weighted by Gasteiger charge is 2.69. The minimum Gasteiger partial charge on any atom is -0.515 e. The van der Waals surface area contributed by atoms with Crippen molar-refractivity contribution in [3.63, 3.8) is 0 Å². The number of aliphatic hydroxyl groups excluding tert-OH is 1. The monoisotopic (exact) mass is 524 g/mol. The average Bonchev–Trinajstić information content (AvgIpc) is 2.86. The van der Waals surface area contributed by atoms with Crippen LogP contribution in [0.1, 0.15) is 99.8 Å². The first kappa shape index (κ1) is 27.6. The maximum atomic E-state index is 14.4.